The maximum absolute atomic E-state index is 12.1. The van der Waals surface area contributed by atoms with E-state index in [1.54, 1.807) is 18.2 Å². The molecule has 1 amide bonds. The van der Waals surface area contributed by atoms with E-state index in [0.29, 0.717) is 23.7 Å². The number of benzene rings is 1. The average molecular weight is 302 g/mol. The minimum Gasteiger partial charge on any atom is -0.465 e. The van der Waals surface area contributed by atoms with E-state index in [4.69, 9.17) is 13.9 Å². The van der Waals surface area contributed by atoms with Crippen molar-refractivity contribution in [2.75, 3.05) is 25.7 Å². The minimum absolute atomic E-state index is 0.0929. The molecule has 1 aliphatic rings. The van der Waals surface area contributed by atoms with Gasteiger partial charge in [-0.05, 0) is 38.2 Å². The van der Waals surface area contributed by atoms with Crippen molar-refractivity contribution in [3.63, 3.8) is 0 Å². The third-order valence-corrected chi connectivity index (χ3v) is 3.29. The van der Waals surface area contributed by atoms with Gasteiger partial charge in [-0.1, -0.05) is 0 Å². The number of fused-ring (bicyclic) bond motifs is 1. The summed E-state index contributed by atoms with van der Waals surface area (Å²) in [6.07, 6.45) is 0. The smallest absolute Gasteiger partial charge is 0.238 e. The van der Waals surface area contributed by atoms with Crippen LogP contribution in [-0.2, 0) is 11.3 Å². The van der Waals surface area contributed by atoms with E-state index in [1.165, 1.54) is 0 Å². The number of ether oxygens (including phenoxy) is 2. The third kappa shape index (κ3) is 3.40. The van der Waals surface area contributed by atoms with Gasteiger partial charge in [-0.3, -0.25) is 9.69 Å². The fourth-order valence-electron chi connectivity index (χ4n) is 2.31. The summed E-state index contributed by atoms with van der Waals surface area (Å²) in [6, 6.07) is 9.17. The van der Waals surface area contributed by atoms with Crippen LogP contribution in [0.25, 0.3) is 0 Å². The molecule has 1 aliphatic heterocycles. The van der Waals surface area contributed by atoms with Crippen molar-refractivity contribution >= 4 is 11.6 Å². The van der Waals surface area contributed by atoms with Crippen molar-refractivity contribution in [1.82, 2.24) is 4.90 Å². The van der Waals surface area contributed by atoms with Crippen molar-refractivity contribution < 1.29 is 18.7 Å². The number of carbonyl (C=O) groups excluding carboxylic acids is 1. The van der Waals surface area contributed by atoms with Gasteiger partial charge in [0.1, 0.15) is 11.5 Å². The molecule has 0 fully saturated rings. The lowest BCUT2D eigenvalue weighted by atomic mass is 10.2. The molecule has 0 radical (unpaired) electrons. The quantitative estimate of drug-likeness (QED) is 0.918. The lowest BCUT2D eigenvalue weighted by Gasteiger charge is -2.15. The second-order valence-corrected chi connectivity index (χ2v) is 5.30. The van der Waals surface area contributed by atoms with Crippen LogP contribution >= 0.6 is 0 Å². The van der Waals surface area contributed by atoms with Crippen LogP contribution in [0.2, 0.25) is 0 Å². The van der Waals surface area contributed by atoms with Crippen molar-refractivity contribution in [3.05, 3.63) is 41.9 Å². The van der Waals surface area contributed by atoms with Crippen LogP contribution in [0.4, 0.5) is 5.69 Å². The van der Waals surface area contributed by atoms with Gasteiger partial charge in [0.05, 0.1) is 13.1 Å². The second-order valence-electron chi connectivity index (χ2n) is 5.30. The first kappa shape index (κ1) is 14.5. The molecule has 2 aromatic rings. The number of anilines is 1. The molecule has 0 spiro atoms. The van der Waals surface area contributed by atoms with Gasteiger partial charge >= 0.3 is 0 Å². The molecule has 116 valence electrons. The molecule has 1 aromatic heterocycles. The molecule has 0 bridgehead atoms. The summed E-state index contributed by atoms with van der Waals surface area (Å²) in [6.45, 7) is 2.98. The van der Waals surface area contributed by atoms with Gasteiger partial charge < -0.3 is 19.2 Å². The van der Waals surface area contributed by atoms with E-state index in [9.17, 15) is 4.79 Å². The number of hydrogen-bond donors (Lipinski definition) is 1. The number of aryl methyl sites for hydroxylation is 1. The number of furan rings is 1. The molecule has 1 N–H and O–H groups in total. The first-order valence-corrected chi connectivity index (χ1v) is 7.03. The van der Waals surface area contributed by atoms with Gasteiger partial charge in [-0.15, -0.1) is 0 Å². The minimum atomic E-state index is -0.0929. The molecule has 3 rings (SSSR count). The topological polar surface area (TPSA) is 63.9 Å². The Kier molecular flexibility index (Phi) is 4.02. The van der Waals surface area contributed by atoms with Gasteiger partial charge in [0.15, 0.2) is 11.5 Å². The van der Waals surface area contributed by atoms with Crippen LogP contribution in [0, 0.1) is 6.92 Å². The molecular weight excluding hydrogens is 284 g/mol. The molecule has 0 unspecified atom stereocenters. The van der Waals surface area contributed by atoms with Crippen LogP contribution in [0.15, 0.2) is 34.7 Å². The summed E-state index contributed by atoms with van der Waals surface area (Å²) in [5.41, 5.74) is 0.691. The lowest BCUT2D eigenvalue weighted by Crippen LogP contribution is -2.29. The highest BCUT2D eigenvalue weighted by Gasteiger charge is 2.15. The Labute approximate surface area is 128 Å². The van der Waals surface area contributed by atoms with Gasteiger partial charge in [-0.25, -0.2) is 0 Å². The summed E-state index contributed by atoms with van der Waals surface area (Å²) in [7, 11) is 1.87. The molecule has 1 aromatic carbocycles. The lowest BCUT2D eigenvalue weighted by molar-refractivity contribution is -0.117. The fourth-order valence-corrected chi connectivity index (χ4v) is 2.31. The van der Waals surface area contributed by atoms with E-state index in [0.717, 1.165) is 11.5 Å². The van der Waals surface area contributed by atoms with Crippen molar-refractivity contribution in [1.29, 1.82) is 0 Å². The molecule has 6 nitrogen and oxygen atoms in total. The fraction of sp³-hybridized carbons (Fsp3) is 0.312. The SMILES string of the molecule is Cc1ccc(CN(C)CC(=O)Nc2ccc3c(c2)OCO3)o1. The highest BCUT2D eigenvalue weighted by Crippen LogP contribution is 2.34. The van der Waals surface area contributed by atoms with E-state index >= 15 is 0 Å². The molecular formula is C16H18N2O4. The van der Waals surface area contributed by atoms with Crippen LogP contribution in [0.1, 0.15) is 11.5 Å². The van der Waals surface area contributed by atoms with Gasteiger partial charge in [-0.2, -0.15) is 0 Å². The van der Waals surface area contributed by atoms with E-state index in [1.807, 2.05) is 31.0 Å². The predicted molar refractivity (Wildman–Crippen MR) is 81.0 cm³/mol. The molecule has 6 heteroatoms. The summed E-state index contributed by atoms with van der Waals surface area (Å²) in [4.78, 5) is 14.0. The summed E-state index contributed by atoms with van der Waals surface area (Å²) < 4.78 is 16.0. The Morgan fingerprint density at radius 1 is 1.23 bits per heavy atom. The maximum Gasteiger partial charge on any atom is 0.238 e. The zero-order valence-electron chi connectivity index (χ0n) is 12.6. The average Bonchev–Trinajstić information content (AvgIpc) is 3.06. The number of rotatable bonds is 5. The molecule has 0 atom stereocenters. The summed E-state index contributed by atoms with van der Waals surface area (Å²) in [5, 5.41) is 2.85. The zero-order valence-corrected chi connectivity index (χ0v) is 12.6. The van der Waals surface area contributed by atoms with E-state index in [2.05, 4.69) is 5.32 Å². The molecule has 22 heavy (non-hydrogen) atoms. The maximum atomic E-state index is 12.1. The van der Waals surface area contributed by atoms with E-state index in [-0.39, 0.29) is 19.2 Å². The first-order valence-electron chi connectivity index (χ1n) is 7.03. The Morgan fingerprint density at radius 3 is 2.82 bits per heavy atom. The largest absolute Gasteiger partial charge is 0.465 e. The predicted octanol–water partition coefficient (Wildman–Crippen LogP) is 2.39. The number of nitrogens with one attached hydrogen (secondary N) is 1. The highest BCUT2D eigenvalue weighted by atomic mass is 16.7. The van der Waals surface area contributed by atoms with Crippen LogP contribution in [-0.4, -0.2) is 31.2 Å². The van der Waals surface area contributed by atoms with Crippen LogP contribution in [0.3, 0.4) is 0 Å². The van der Waals surface area contributed by atoms with Crippen molar-refractivity contribution in [3.8, 4) is 11.5 Å². The van der Waals surface area contributed by atoms with E-state index < -0.39 is 0 Å². The Morgan fingerprint density at radius 2 is 2.05 bits per heavy atom. The monoisotopic (exact) mass is 302 g/mol. The van der Waals surface area contributed by atoms with Gasteiger partial charge in [0, 0.05) is 11.8 Å². The third-order valence-electron chi connectivity index (χ3n) is 3.29. The highest BCUT2D eigenvalue weighted by molar-refractivity contribution is 5.92. The number of nitrogens with zero attached hydrogens (tertiary/aromatic N) is 1. The number of amides is 1. The van der Waals surface area contributed by atoms with Crippen molar-refractivity contribution in [2.24, 2.45) is 0 Å². The zero-order chi connectivity index (χ0) is 15.5. The standard InChI is InChI=1S/C16H18N2O4/c1-11-3-5-13(22-11)8-18(2)9-16(19)17-12-4-6-14-15(7-12)21-10-20-14/h3-7H,8-10H2,1-2H3,(H,17,19). The van der Waals surface area contributed by atoms with Gasteiger partial charge in [0.2, 0.25) is 12.7 Å². The van der Waals surface area contributed by atoms with Crippen LogP contribution < -0.4 is 14.8 Å². The normalized spacial score (nSPS) is 12.7. The number of hydrogen-bond acceptors (Lipinski definition) is 5. The van der Waals surface area contributed by atoms with Crippen molar-refractivity contribution in [2.45, 2.75) is 13.5 Å². The summed E-state index contributed by atoms with van der Waals surface area (Å²) >= 11 is 0. The van der Waals surface area contributed by atoms with Crippen LogP contribution in [0.5, 0.6) is 11.5 Å². The Hall–Kier alpha value is -2.47. The molecule has 0 saturated heterocycles. The number of likely N-dealkylation sites (N-methyl/N-ethyl adjacent to an activating group) is 1. The Balaban J connectivity index is 1.53. The first-order chi connectivity index (χ1) is 10.6. The van der Waals surface area contributed by atoms with Gasteiger partial charge in [0.25, 0.3) is 0 Å². The molecule has 0 aliphatic carbocycles. The second kappa shape index (κ2) is 6.11. The summed E-state index contributed by atoms with van der Waals surface area (Å²) in [5.74, 6) is 2.97. The molecule has 2 heterocycles. The Bertz CT molecular complexity index is 681. The number of carbonyl (C=O) groups is 1. The molecule has 0 saturated carbocycles.